The predicted molar refractivity (Wildman–Crippen MR) is 164 cm³/mol. The maximum Gasteiger partial charge on any atom is 0.416 e. The lowest BCUT2D eigenvalue weighted by Gasteiger charge is -2.38. The Morgan fingerprint density at radius 3 is 2.61 bits per heavy atom. The van der Waals surface area contributed by atoms with E-state index in [0.717, 1.165) is 17.0 Å². The normalized spacial score (nSPS) is 20.8. The summed E-state index contributed by atoms with van der Waals surface area (Å²) in [5.41, 5.74) is 0.162. The first-order valence-corrected chi connectivity index (χ1v) is 15.2. The number of pyridine rings is 1. The molecule has 0 spiro atoms. The number of anilines is 3. The molecule has 0 aliphatic carbocycles. The third-order valence-electron chi connectivity index (χ3n) is 8.84. The number of hydrogen-bond donors (Lipinski definition) is 0. The van der Waals surface area contributed by atoms with Gasteiger partial charge in [0.05, 0.1) is 34.5 Å². The molecule has 3 amide bonds. The van der Waals surface area contributed by atoms with Crippen LogP contribution < -0.4 is 14.7 Å². The molecular weight excluding hydrogens is 625 g/mol. The molecule has 0 N–H and O–H groups in total. The number of aryl methyl sites for hydroxylation is 1. The summed E-state index contributed by atoms with van der Waals surface area (Å²) in [7, 11) is 1.56. The van der Waals surface area contributed by atoms with E-state index in [-0.39, 0.29) is 43.0 Å². The highest BCUT2D eigenvalue weighted by molar-refractivity contribution is 6.34. The third kappa shape index (κ3) is 5.81. The number of nitrogens with zero attached hydrogens (tertiary/aromatic N) is 8. The second-order valence-electron chi connectivity index (χ2n) is 11.8. The van der Waals surface area contributed by atoms with E-state index < -0.39 is 35.5 Å². The molecule has 2 saturated heterocycles. The van der Waals surface area contributed by atoms with Crippen molar-refractivity contribution in [3.63, 3.8) is 0 Å². The van der Waals surface area contributed by atoms with Crippen LogP contribution in [0.3, 0.4) is 0 Å². The van der Waals surface area contributed by atoms with Crippen molar-refractivity contribution < 1.29 is 27.6 Å². The predicted octanol–water partition coefficient (Wildman–Crippen LogP) is 4.41. The van der Waals surface area contributed by atoms with E-state index in [2.05, 4.69) is 16.5 Å². The number of halogens is 4. The van der Waals surface area contributed by atoms with Crippen LogP contribution in [0.1, 0.15) is 42.4 Å². The minimum atomic E-state index is -4.66. The Labute approximate surface area is 268 Å². The van der Waals surface area contributed by atoms with Crippen LogP contribution in [0.4, 0.5) is 30.4 Å². The fraction of sp³-hybridized carbons (Fsp3) is 0.419. The summed E-state index contributed by atoms with van der Waals surface area (Å²) >= 11 is 6.74. The van der Waals surface area contributed by atoms with Gasteiger partial charge in [0.2, 0.25) is 17.7 Å². The van der Waals surface area contributed by atoms with Crippen molar-refractivity contribution >= 4 is 46.5 Å². The Hall–Kier alpha value is -4.46. The maximum atomic E-state index is 14.0. The molecule has 3 aromatic rings. The van der Waals surface area contributed by atoms with Gasteiger partial charge in [-0.2, -0.15) is 18.3 Å². The first kappa shape index (κ1) is 31.5. The number of carbonyl (C=O) groups is 3. The summed E-state index contributed by atoms with van der Waals surface area (Å²) in [6, 6.07) is 5.81. The average molecular weight is 657 g/mol. The van der Waals surface area contributed by atoms with Gasteiger partial charge in [0.25, 0.3) is 0 Å². The summed E-state index contributed by atoms with van der Waals surface area (Å²) in [5, 5.41) is 5.12. The van der Waals surface area contributed by atoms with E-state index >= 15 is 0 Å². The van der Waals surface area contributed by atoms with Crippen molar-refractivity contribution in [2.45, 2.75) is 51.0 Å². The lowest BCUT2D eigenvalue weighted by atomic mass is 9.95. The molecule has 3 aliphatic rings. The molecule has 6 rings (SSSR count). The highest BCUT2D eigenvalue weighted by atomic mass is 35.5. The fourth-order valence-corrected chi connectivity index (χ4v) is 6.91. The minimum Gasteiger partial charge on any atom is -0.361 e. The van der Waals surface area contributed by atoms with Gasteiger partial charge in [0.1, 0.15) is 18.2 Å². The number of likely N-dealkylation sites (tertiary alicyclic amines) is 1. The molecule has 2 atom stereocenters. The zero-order chi connectivity index (χ0) is 32.9. The topological polar surface area (TPSA) is 108 Å². The Bertz CT molecular complexity index is 1700. The molecule has 2 fully saturated rings. The number of carbonyl (C=O) groups excluding carboxylic acids is 3. The van der Waals surface area contributed by atoms with E-state index in [1.165, 1.54) is 17.9 Å². The Kier molecular flexibility index (Phi) is 8.25. The molecule has 46 heavy (non-hydrogen) atoms. The zero-order valence-electron chi connectivity index (χ0n) is 25.2. The van der Waals surface area contributed by atoms with E-state index in [1.54, 1.807) is 41.2 Å². The SMILES string of the molecule is C=CC(=O)N1CCC(n2cnc(CN3C[C@H]4CC(=O)N(c5cc(C(F)(F)F)cc(C)n5)[C@@H]4C(=O)N(C)c4cccc(Cl)c43)n2)CC1. The number of benzene rings is 1. The summed E-state index contributed by atoms with van der Waals surface area (Å²) in [6.45, 7) is 6.50. The van der Waals surface area contributed by atoms with Gasteiger partial charge in [-0.1, -0.05) is 24.2 Å². The highest BCUT2D eigenvalue weighted by Crippen LogP contribution is 2.43. The number of fused-ring (bicyclic) bond motifs is 2. The van der Waals surface area contributed by atoms with Crippen LogP contribution in [-0.4, -0.2) is 75.1 Å². The Morgan fingerprint density at radius 1 is 1.17 bits per heavy atom. The molecule has 0 saturated carbocycles. The van der Waals surface area contributed by atoms with Crippen LogP contribution in [0.5, 0.6) is 0 Å². The zero-order valence-corrected chi connectivity index (χ0v) is 26.0. The standard InChI is InChI=1S/C31H32ClF3N8O3/c1-4-26(44)40-10-8-21(9-11-40)42-17-36-24(38-42)16-41-15-19-13-27(45)43(25-14-20(31(33,34)35)12-18(2)37-25)28(19)30(46)39(3)23-7-5-6-22(32)29(23)41/h4-7,12,14,17,19,21,28H,1,8-11,13,15-16H2,2-3H3/t19-,28+/m1/s1. The molecule has 2 aromatic heterocycles. The lowest BCUT2D eigenvalue weighted by molar-refractivity contribution is -0.137. The number of alkyl halides is 3. The Morgan fingerprint density at radius 2 is 1.91 bits per heavy atom. The van der Waals surface area contributed by atoms with Gasteiger partial charge in [-0.25, -0.2) is 14.6 Å². The van der Waals surface area contributed by atoms with Crippen LogP contribution in [0, 0.1) is 12.8 Å². The smallest absolute Gasteiger partial charge is 0.361 e. The molecule has 0 radical (unpaired) electrons. The van der Waals surface area contributed by atoms with E-state index in [9.17, 15) is 27.6 Å². The molecule has 3 aliphatic heterocycles. The Balaban J connectivity index is 1.32. The second-order valence-corrected chi connectivity index (χ2v) is 12.2. The number of aromatic nitrogens is 4. The molecular formula is C31H32ClF3N8O3. The van der Waals surface area contributed by atoms with E-state index in [4.69, 9.17) is 16.7 Å². The van der Waals surface area contributed by atoms with Crippen LogP contribution in [0.2, 0.25) is 5.02 Å². The molecule has 15 heteroatoms. The van der Waals surface area contributed by atoms with Crippen LogP contribution in [-0.2, 0) is 27.1 Å². The second kappa shape index (κ2) is 12.0. The average Bonchev–Trinajstić information content (AvgIpc) is 3.62. The van der Waals surface area contributed by atoms with Gasteiger partial charge in [-0.15, -0.1) is 0 Å². The van der Waals surface area contributed by atoms with Crippen molar-refractivity contribution in [3.05, 3.63) is 71.4 Å². The molecule has 0 unspecified atom stereocenters. The maximum absolute atomic E-state index is 14.0. The largest absolute Gasteiger partial charge is 0.416 e. The molecule has 11 nitrogen and oxygen atoms in total. The fourth-order valence-electron chi connectivity index (χ4n) is 6.62. The van der Waals surface area contributed by atoms with Crippen molar-refractivity contribution in [2.24, 2.45) is 5.92 Å². The summed E-state index contributed by atoms with van der Waals surface area (Å²) in [5.74, 6) is -1.39. The van der Waals surface area contributed by atoms with E-state index in [0.29, 0.717) is 48.2 Å². The first-order chi connectivity index (χ1) is 21.8. The van der Waals surface area contributed by atoms with Crippen LogP contribution >= 0.6 is 11.6 Å². The van der Waals surface area contributed by atoms with Crippen molar-refractivity contribution in [2.75, 3.05) is 41.4 Å². The van der Waals surface area contributed by atoms with Gasteiger partial charge < -0.3 is 14.7 Å². The number of piperidine rings is 1. The van der Waals surface area contributed by atoms with Crippen molar-refractivity contribution in [1.29, 1.82) is 0 Å². The van der Waals surface area contributed by atoms with Gasteiger partial charge in [0.15, 0.2) is 5.82 Å². The van der Waals surface area contributed by atoms with Crippen molar-refractivity contribution in [3.8, 4) is 0 Å². The minimum absolute atomic E-state index is 0.0517. The van der Waals surface area contributed by atoms with Crippen LogP contribution in [0.15, 0.2) is 49.3 Å². The monoisotopic (exact) mass is 656 g/mol. The highest BCUT2D eigenvalue weighted by Gasteiger charge is 2.49. The lowest BCUT2D eigenvalue weighted by Crippen LogP contribution is -2.52. The molecule has 242 valence electrons. The third-order valence-corrected chi connectivity index (χ3v) is 9.14. The van der Waals surface area contributed by atoms with E-state index in [1.807, 2.05) is 4.90 Å². The summed E-state index contributed by atoms with van der Waals surface area (Å²) in [6.07, 6.45) is -0.360. The number of rotatable bonds is 5. The number of amides is 3. The van der Waals surface area contributed by atoms with Gasteiger partial charge in [0, 0.05) is 44.7 Å². The van der Waals surface area contributed by atoms with Gasteiger partial charge in [-0.05, 0) is 50.1 Å². The molecule has 5 heterocycles. The number of likely N-dealkylation sites (N-methyl/N-ethyl adjacent to an activating group) is 1. The summed E-state index contributed by atoms with van der Waals surface area (Å²) < 4.78 is 42.9. The van der Waals surface area contributed by atoms with Crippen LogP contribution in [0.25, 0.3) is 0 Å². The summed E-state index contributed by atoms with van der Waals surface area (Å²) in [4.78, 5) is 54.5. The number of hydrogen-bond acceptors (Lipinski definition) is 7. The van der Waals surface area contributed by atoms with Gasteiger partial charge in [-0.3, -0.25) is 19.3 Å². The van der Waals surface area contributed by atoms with Crippen molar-refractivity contribution in [1.82, 2.24) is 24.6 Å². The molecule has 1 aromatic carbocycles. The quantitative estimate of drug-likeness (QED) is 0.375. The molecule has 0 bridgehead atoms. The van der Waals surface area contributed by atoms with Gasteiger partial charge >= 0.3 is 6.18 Å². The first-order valence-electron chi connectivity index (χ1n) is 14.9. The number of para-hydroxylation sites is 1.